The Balaban J connectivity index is 0.00000432. The van der Waals surface area contributed by atoms with Crippen molar-refractivity contribution in [2.75, 3.05) is 19.6 Å². The summed E-state index contributed by atoms with van der Waals surface area (Å²) >= 11 is 0. The standard InChI is InChI=1S/C22H36BN7O4.Re/c1-27-13-9-24-19(27)16-29(17-20-25-10-14-28(20)2)11-5-3-4-8-21(31)26-15-22(32)30-12-6-7-18(30)23(33)34;/h9-10,13-14,18,33-34H,3-8,11-12,15-17H2,1-2H3,(H,26,31);. The molecule has 0 spiro atoms. The SMILES string of the molecule is Cn1ccnc1CN(CCCCCC(=O)NCC(=O)N1CCCC1B(O)O)Cc1nccn1C.[Re]. The monoisotopic (exact) mass is 660 g/mol. The maximum absolute atomic E-state index is 12.3. The van der Waals surface area contributed by atoms with Crippen LogP contribution in [0.1, 0.15) is 50.2 Å². The second-order valence-electron chi connectivity index (χ2n) is 8.92. The number of amides is 2. The smallest absolute Gasteiger partial charge is 0.426 e. The topological polar surface area (TPSA) is 129 Å². The van der Waals surface area contributed by atoms with Crippen LogP contribution >= 0.6 is 0 Å². The van der Waals surface area contributed by atoms with Crippen LogP contribution in [0.15, 0.2) is 24.8 Å². The third kappa shape index (κ3) is 8.85. The molecule has 0 aliphatic carbocycles. The number of likely N-dealkylation sites (tertiary alicyclic amines) is 1. The van der Waals surface area contributed by atoms with Gasteiger partial charge in [0.2, 0.25) is 11.8 Å². The zero-order valence-corrected chi connectivity index (χ0v) is 23.2. The van der Waals surface area contributed by atoms with Crippen molar-refractivity contribution in [2.45, 2.75) is 57.6 Å². The quantitative estimate of drug-likeness (QED) is 0.201. The molecule has 3 rings (SSSR count). The van der Waals surface area contributed by atoms with Crippen LogP contribution < -0.4 is 5.32 Å². The number of rotatable bonds is 13. The van der Waals surface area contributed by atoms with Gasteiger partial charge in [0.25, 0.3) is 0 Å². The minimum atomic E-state index is -1.54. The molecule has 1 fully saturated rings. The number of hydrogen-bond acceptors (Lipinski definition) is 7. The molecule has 1 aliphatic rings. The van der Waals surface area contributed by atoms with Crippen molar-refractivity contribution in [3.05, 3.63) is 36.4 Å². The predicted octanol–water partition coefficient (Wildman–Crippen LogP) is -0.167. The van der Waals surface area contributed by atoms with Crippen molar-refractivity contribution in [2.24, 2.45) is 14.1 Å². The summed E-state index contributed by atoms with van der Waals surface area (Å²) in [6.45, 7) is 2.69. The van der Waals surface area contributed by atoms with Gasteiger partial charge in [-0.2, -0.15) is 0 Å². The molecule has 2 amide bonds. The van der Waals surface area contributed by atoms with Gasteiger partial charge in [0.15, 0.2) is 0 Å². The van der Waals surface area contributed by atoms with Gasteiger partial charge in [0.1, 0.15) is 11.6 Å². The van der Waals surface area contributed by atoms with E-state index in [-0.39, 0.29) is 38.8 Å². The number of carbonyl (C=O) groups is 2. The number of aromatic nitrogens is 4. The number of unbranched alkanes of at least 4 members (excludes halogenated alkanes) is 2. The number of aryl methyl sites for hydroxylation is 2. The molecule has 1 aliphatic heterocycles. The molecule has 0 bridgehead atoms. The van der Waals surface area contributed by atoms with Gasteiger partial charge < -0.3 is 29.4 Å². The van der Waals surface area contributed by atoms with Crippen LogP contribution in [0.25, 0.3) is 0 Å². The first kappa shape index (κ1) is 29.2. The van der Waals surface area contributed by atoms with Crippen molar-refractivity contribution < 1.29 is 40.1 Å². The van der Waals surface area contributed by atoms with E-state index < -0.39 is 13.1 Å². The Morgan fingerprint density at radius 3 is 2.26 bits per heavy atom. The Kier molecular flexibility index (Phi) is 12.1. The molecular weight excluding hydrogens is 623 g/mol. The van der Waals surface area contributed by atoms with Crippen LogP contribution in [0.2, 0.25) is 0 Å². The molecule has 2 aromatic rings. The van der Waals surface area contributed by atoms with Crippen LogP contribution in [-0.2, 0) is 57.2 Å². The largest absolute Gasteiger partial charge is 0.475 e. The third-order valence-electron chi connectivity index (χ3n) is 6.35. The van der Waals surface area contributed by atoms with Gasteiger partial charge in [-0.1, -0.05) is 6.42 Å². The molecule has 35 heavy (non-hydrogen) atoms. The number of carbonyl (C=O) groups excluding carboxylic acids is 2. The van der Waals surface area contributed by atoms with Gasteiger partial charge in [0, 0.05) is 72.3 Å². The summed E-state index contributed by atoms with van der Waals surface area (Å²) < 4.78 is 4.03. The molecule has 11 nitrogen and oxygen atoms in total. The van der Waals surface area contributed by atoms with Crippen LogP contribution in [0.4, 0.5) is 0 Å². The van der Waals surface area contributed by atoms with E-state index in [0.717, 1.165) is 57.0 Å². The predicted molar refractivity (Wildman–Crippen MR) is 127 cm³/mol. The van der Waals surface area contributed by atoms with Crippen molar-refractivity contribution in [3.8, 4) is 0 Å². The first-order valence-corrected chi connectivity index (χ1v) is 11.9. The second kappa shape index (κ2) is 14.5. The average Bonchev–Trinajstić information content (AvgIpc) is 3.54. The summed E-state index contributed by atoms with van der Waals surface area (Å²) in [4.78, 5) is 37.1. The summed E-state index contributed by atoms with van der Waals surface area (Å²) in [7, 11) is 2.43. The summed E-state index contributed by atoms with van der Waals surface area (Å²) in [6, 6.07) is 0. The number of nitrogens with one attached hydrogen (secondary N) is 1. The van der Waals surface area contributed by atoms with E-state index in [1.54, 1.807) is 12.4 Å². The molecule has 1 atom stereocenters. The van der Waals surface area contributed by atoms with Crippen molar-refractivity contribution in [1.29, 1.82) is 0 Å². The molecule has 0 aromatic carbocycles. The molecule has 13 heteroatoms. The summed E-state index contributed by atoms with van der Waals surface area (Å²) in [5, 5.41) is 21.4. The normalized spacial score (nSPS) is 15.3. The fraction of sp³-hybridized carbons (Fsp3) is 0.636. The molecule has 193 valence electrons. The average molecular weight is 660 g/mol. The molecule has 2 aromatic heterocycles. The van der Waals surface area contributed by atoms with Crippen molar-refractivity contribution in [1.82, 2.24) is 34.2 Å². The number of hydrogen-bond donors (Lipinski definition) is 3. The minimum Gasteiger partial charge on any atom is -0.426 e. The van der Waals surface area contributed by atoms with E-state index in [0.29, 0.717) is 19.4 Å². The Hall–Kier alpha value is -2.03. The van der Waals surface area contributed by atoms with Gasteiger partial charge >= 0.3 is 7.12 Å². The van der Waals surface area contributed by atoms with Crippen molar-refractivity contribution in [3.63, 3.8) is 0 Å². The van der Waals surface area contributed by atoms with E-state index in [1.165, 1.54) is 4.90 Å². The van der Waals surface area contributed by atoms with Gasteiger partial charge in [-0.05, 0) is 32.2 Å². The molecule has 1 saturated heterocycles. The molecule has 3 heterocycles. The van der Waals surface area contributed by atoms with E-state index in [9.17, 15) is 19.6 Å². The minimum absolute atomic E-state index is 0. The van der Waals surface area contributed by atoms with E-state index in [1.807, 2.05) is 35.6 Å². The maximum atomic E-state index is 12.3. The van der Waals surface area contributed by atoms with Crippen LogP contribution in [0.3, 0.4) is 0 Å². The first-order valence-electron chi connectivity index (χ1n) is 11.9. The molecule has 3 N–H and O–H groups in total. The summed E-state index contributed by atoms with van der Waals surface area (Å²) in [6.07, 6.45) is 11.7. The number of nitrogens with zero attached hydrogens (tertiary/aromatic N) is 6. The molecule has 0 saturated carbocycles. The summed E-state index contributed by atoms with van der Waals surface area (Å²) in [5.41, 5.74) is 0. The Morgan fingerprint density at radius 2 is 1.71 bits per heavy atom. The number of imidazole rings is 2. The second-order valence-corrected chi connectivity index (χ2v) is 8.92. The fourth-order valence-corrected chi connectivity index (χ4v) is 4.29. The molecular formula is C22H36BN7O4Re. The Labute approximate surface area is 220 Å². The zero-order valence-electron chi connectivity index (χ0n) is 20.5. The molecule has 1 radical (unpaired) electrons. The van der Waals surface area contributed by atoms with Crippen LogP contribution in [0, 0.1) is 0 Å². The Bertz CT molecular complexity index is 896. The van der Waals surface area contributed by atoms with E-state index in [2.05, 4.69) is 20.2 Å². The van der Waals surface area contributed by atoms with E-state index in [4.69, 9.17) is 0 Å². The van der Waals surface area contributed by atoms with Gasteiger partial charge in [-0.25, -0.2) is 9.97 Å². The van der Waals surface area contributed by atoms with Gasteiger partial charge in [0.05, 0.1) is 25.6 Å². The van der Waals surface area contributed by atoms with Crippen molar-refractivity contribution >= 4 is 18.9 Å². The van der Waals surface area contributed by atoms with Crippen LogP contribution in [0.5, 0.6) is 0 Å². The maximum Gasteiger partial charge on any atom is 0.475 e. The fourth-order valence-electron chi connectivity index (χ4n) is 4.29. The molecule has 1 unspecified atom stereocenters. The Morgan fingerprint density at radius 1 is 1.09 bits per heavy atom. The van der Waals surface area contributed by atoms with Crippen LogP contribution in [-0.4, -0.2) is 83.5 Å². The summed E-state index contributed by atoms with van der Waals surface area (Å²) in [5.74, 6) is 0.970. The third-order valence-corrected chi connectivity index (χ3v) is 6.35. The van der Waals surface area contributed by atoms with Gasteiger partial charge in [-0.15, -0.1) is 0 Å². The first-order chi connectivity index (χ1) is 16.3. The van der Waals surface area contributed by atoms with E-state index >= 15 is 0 Å². The van der Waals surface area contributed by atoms with Gasteiger partial charge in [-0.3, -0.25) is 14.5 Å². The zero-order chi connectivity index (χ0) is 24.5.